The Morgan fingerprint density at radius 1 is 1.11 bits per heavy atom. The van der Waals surface area contributed by atoms with Crippen LogP contribution in [-0.4, -0.2) is 36.0 Å². The van der Waals surface area contributed by atoms with E-state index in [0.717, 1.165) is 0 Å². The molecule has 3 amide bonds. The minimum Gasteiger partial charge on any atom is -0.357 e. The van der Waals surface area contributed by atoms with Gasteiger partial charge in [0.2, 0.25) is 17.7 Å². The van der Waals surface area contributed by atoms with Crippen molar-refractivity contribution in [1.82, 2.24) is 16.1 Å². The number of amides is 3. The fraction of sp³-hybridized carbons (Fsp3) is 0.750. The summed E-state index contributed by atoms with van der Waals surface area (Å²) in [5, 5.41) is 13.5. The molecule has 7 heteroatoms. The molecule has 0 rings (SSSR count). The lowest BCUT2D eigenvalue weighted by atomic mass is 9.93. The van der Waals surface area contributed by atoms with E-state index in [1.54, 1.807) is 6.92 Å². The molecule has 0 aromatic carbocycles. The van der Waals surface area contributed by atoms with Gasteiger partial charge in [-0.1, -0.05) is 13.8 Å². The summed E-state index contributed by atoms with van der Waals surface area (Å²) in [4.78, 5) is 34.5. The molecular formula is C12H23N3O4. The van der Waals surface area contributed by atoms with Crippen molar-refractivity contribution in [2.45, 2.75) is 39.7 Å². The summed E-state index contributed by atoms with van der Waals surface area (Å²) in [6.07, 6.45) is 0.390. The van der Waals surface area contributed by atoms with Gasteiger partial charge in [-0.2, -0.15) is 0 Å². The van der Waals surface area contributed by atoms with E-state index < -0.39 is 17.9 Å². The van der Waals surface area contributed by atoms with Crippen LogP contribution in [0.5, 0.6) is 0 Å². The number of rotatable bonds is 7. The molecule has 110 valence electrons. The first kappa shape index (κ1) is 17.4. The van der Waals surface area contributed by atoms with Crippen molar-refractivity contribution in [3.8, 4) is 0 Å². The van der Waals surface area contributed by atoms with Gasteiger partial charge in [0.25, 0.3) is 0 Å². The predicted molar refractivity (Wildman–Crippen MR) is 69.2 cm³/mol. The van der Waals surface area contributed by atoms with Gasteiger partial charge in [-0.25, -0.2) is 5.48 Å². The molecule has 0 aliphatic heterocycles. The molecule has 19 heavy (non-hydrogen) atoms. The molecule has 0 saturated carbocycles. The van der Waals surface area contributed by atoms with Crippen molar-refractivity contribution in [3.05, 3.63) is 0 Å². The second kappa shape index (κ2) is 8.47. The molecule has 7 nitrogen and oxygen atoms in total. The Morgan fingerprint density at radius 2 is 1.68 bits per heavy atom. The summed E-state index contributed by atoms with van der Waals surface area (Å²) in [7, 11) is 1.48. The maximum atomic E-state index is 12.0. The molecule has 0 aliphatic carbocycles. The van der Waals surface area contributed by atoms with E-state index >= 15 is 0 Å². The maximum Gasteiger partial charge on any atom is 0.244 e. The van der Waals surface area contributed by atoms with E-state index in [0.29, 0.717) is 6.42 Å². The van der Waals surface area contributed by atoms with Gasteiger partial charge in [0.05, 0.1) is 0 Å². The maximum absolute atomic E-state index is 12.0. The number of likely N-dealkylation sites (N-methyl/N-ethyl adjacent to an activating group) is 1. The quantitative estimate of drug-likeness (QED) is 0.380. The zero-order chi connectivity index (χ0) is 15.0. The van der Waals surface area contributed by atoms with Gasteiger partial charge in [0.15, 0.2) is 0 Å². The van der Waals surface area contributed by atoms with Crippen LogP contribution in [0.15, 0.2) is 0 Å². The second-order valence-electron chi connectivity index (χ2n) is 4.91. The molecule has 0 saturated heterocycles. The topological polar surface area (TPSA) is 108 Å². The van der Waals surface area contributed by atoms with E-state index in [9.17, 15) is 14.4 Å². The van der Waals surface area contributed by atoms with Crippen LogP contribution in [-0.2, 0) is 14.4 Å². The molecule has 0 heterocycles. The minimum absolute atomic E-state index is 0.110. The molecule has 0 aliphatic rings. The van der Waals surface area contributed by atoms with Crippen molar-refractivity contribution in [2.24, 2.45) is 11.8 Å². The van der Waals surface area contributed by atoms with Crippen LogP contribution in [0.25, 0.3) is 0 Å². The fourth-order valence-electron chi connectivity index (χ4n) is 1.73. The lowest BCUT2D eigenvalue weighted by Crippen LogP contribution is -2.46. The summed E-state index contributed by atoms with van der Waals surface area (Å²) in [6.45, 7) is 5.42. The molecule has 0 fully saturated rings. The highest BCUT2D eigenvalue weighted by Gasteiger charge is 2.25. The third kappa shape index (κ3) is 6.76. The number of hydrogen-bond donors (Lipinski definition) is 4. The number of carbonyl (C=O) groups excluding carboxylic acids is 3. The minimum atomic E-state index is -0.663. The smallest absolute Gasteiger partial charge is 0.244 e. The van der Waals surface area contributed by atoms with Crippen LogP contribution >= 0.6 is 0 Å². The first-order valence-electron chi connectivity index (χ1n) is 6.26. The first-order valence-corrected chi connectivity index (χ1v) is 6.26. The molecule has 1 unspecified atom stereocenters. The van der Waals surface area contributed by atoms with Crippen LogP contribution in [0, 0.1) is 11.8 Å². The Morgan fingerprint density at radius 3 is 2.11 bits per heavy atom. The van der Waals surface area contributed by atoms with Crippen molar-refractivity contribution >= 4 is 17.7 Å². The standard InChI is InChI=1S/C12H23N3O4/c1-7(2)5-9(6-10(16)15-19)12(18)14-8(3)11(17)13-4/h7-9,19H,5-6H2,1-4H3,(H,13,17)(H,14,18)(H,15,16)/t8-,9?/m0/s1. The van der Waals surface area contributed by atoms with E-state index in [4.69, 9.17) is 5.21 Å². The van der Waals surface area contributed by atoms with E-state index in [2.05, 4.69) is 10.6 Å². The Bertz CT molecular complexity index is 331. The van der Waals surface area contributed by atoms with Crippen molar-refractivity contribution in [2.75, 3.05) is 7.05 Å². The molecular weight excluding hydrogens is 250 g/mol. The Kier molecular flexibility index (Phi) is 7.74. The van der Waals surface area contributed by atoms with Gasteiger partial charge in [0, 0.05) is 19.4 Å². The summed E-state index contributed by atoms with van der Waals surface area (Å²) in [6, 6.07) is -0.663. The third-order valence-corrected chi connectivity index (χ3v) is 2.68. The molecule has 0 bridgehead atoms. The SMILES string of the molecule is CNC(=O)[C@H](C)NC(=O)C(CC(=O)NO)CC(C)C. The van der Waals surface area contributed by atoms with Gasteiger partial charge in [-0.3, -0.25) is 19.6 Å². The van der Waals surface area contributed by atoms with E-state index in [1.165, 1.54) is 12.5 Å². The van der Waals surface area contributed by atoms with Crippen LogP contribution < -0.4 is 16.1 Å². The molecule has 0 spiro atoms. The highest BCUT2D eigenvalue weighted by Crippen LogP contribution is 2.16. The summed E-state index contributed by atoms with van der Waals surface area (Å²) >= 11 is 0. The Hall–Kier alpha value is -1.63. The highest BCUT2D eigenvalue weighted by atomic mass is 16.5. The highest BCUT2D eigenvalue weighted by molar-refractivity contribution is 5.90. The molecule has 4 N–H and O–H groups in total. The van der Waals surface area contributed by atoms with Crippen LogP contribution in [0.2, 0.25) is 0 Å². The molecule has 0 radical (unpaired) electrons. The zero-order valence-electron chi connectivity index (χ0n) is 11.8. The van der Waals surface area contributed by atoms with E-state index in [1.807, 2.05) is 13.8 Å². The third-order valence-electron chi connectivity index (χ3n) is 2.68. The largest absolute Gasteiger partial charge is 0.357 e. The van der Waals surface area contributed by atoms with Crippen molar-refractivity contribution < 1.29 is 19.6 Å². The van der Waals surface area contributed by atoms with Crippen molar-refractivity contribution in [1.29, 1.82) is 0 Å². The van der Waals surface area contributed by atoms with Crippen LogP contribution in [0.1, 0.15) is 33.6 Å². The average Bonchev–Trinajstić information content (AvgIpc) is 2.35. The van der Waals surface area contributed by atoms with Gasteiger partial charge in [0.1, 0.15) is 6.04 Å². The number of hydrogen-bond acceptors (Lipinski definition) is 4. The molecule has 2 atom stereocenters. The van der Waals surface area contributed by atoms with E-state index in [-0.39, 0.29) is 24.2 Å². The number of nitrogens with one attached hydrogen (secondary N) is 3. The number of hydroxylamine groups is 1. The lowest BCUT2D eigenvalue weighted by Gasteiger charge is -2.20. The van der Waals surface area contributed by atoms with Gasteiger partial charge >= 0.3 is 0 Å². The number of carbonyl (C=O) groups is 3. The van der Waals surface area contributed by atoms with Gasteiger partial charge in [-0.05, 0) is 19.3 Å². The average molecular weight is 273 g/mol. The normalized spacial score (nSPS) is 13.6. The molecule has 0 aromatic rings. The Labute approximate surface area is 113 Å². The monoisotopic (exact) mass is 273 g/mol. The first-order chi connectivity index (χ1) is 8.81. The summed E-state index contributed by atoms with van der Waals surface area (Å²) in [5.41, 5.74) is 1.51. The second-order valence-corrected chi connectivity index (χ2v) is 4.91. The molecule has 0 aromatic heterocycles. The summed E-state index contributed by atoms with van der Waals surface area (Å²) in [5.74, 6) is -1.64. The summed E-state index contributed by atoms with van der Waals surface area (Å²) < 4.78 is 0. The predicted octanol–water partition coefficient (Wildman–Crippen LogP) is -0.205. The van der Waals surface area contributed by atoms with Crippen LogP contribution in [0.4, 0.5) is 0 Å². The lowest BCUT2D eigenvalue weighted by molar-refractivity contribution is -0.136. The Balaban J connectivity index is 4.61. The van der Waals surface area contributed by atoms with Gasteiger partial charge < -0.3 is 10.6 Å². The fourth-order valence-corrected chi connectivity index (χ4v) is 1.73. The van der Waals surface area contributed by atoms with Crippen molar-refractivity contribution in [3.63, 3.8) is 0 Å². The van der Waals surface area contributed by atoms with Crippen LogP contribution in [0.3, 0.4) is 0 Å². The zero-order valence-corrected chi connectivity index (χ0v) is 11.8. The van der Waals surface area contributed by atoms with Gasteiger partial charge in [-0.15, -0.1) is 0 Å².